The molecule has 15 rings (SSSR count). The van der Waals surface area contributed by atoms with E-state index in [2.05, 4.69) is 314 Å². The minimum atomic E-state index is -0.181. The normalized spacial score (nSPS) is 16.8. The number of benzene rings is 10. The van der Waals surface area contributed by atoms with Gasteiger partial charge >= 0.3 is 0 Å². The van der Waals surface area contributed by atoms with Crippen LogP contribution in [-0.2, 0) is 29.1 Å². The molecular formula is C83H72N2. The van der Waals surface area contributed by atoms with Crippen molar-refractivity contribution in [1.29, 1.82) is 0 Å². The quantitative estimate of drug-likeness (QED) is 0.126. The molecule has 10 aromatic rings. The third-order valence-corrected chi connectivity index (χ3v) is 19.7. The van der Waals surface area contributed by atoms with Gasteiger partial charge in [-0.25, -0.2) is 0 Å². The average Bonchev–Trinajstić information content (AvgIpc) is 1.60. The van der Waals surface area contributed by atoms with Crippen molar-refractivity contribution in [2.24, 2.45) is 5.92 Å². The molecule has 1 spiro atoms. The number of fused-ring (bicyclic) bond motifs is 12. The van der Waals surface area contributed by atoms with Gasteiger partial charge in [0.2, 0.25) is 0 Å². The van der Waals surface area contributed by atoms with Crippen LogP contribution in [-0.4, -0.2) is 0 Å². The SMILES string of the molecule is Cc1cccc(N(c2cccc(C)c2)c2ccc3c(c2)C(C)(C)C2=CC(/C=C/c4ccc5c(c4)C4(Cc6ccccc6C4)c4cc(/C=C/c6ccc7c(c6)C(C)(C)c6cc(N(c8cccc(C)c8)c8cccc(C)c8)ccc6-7)ccc4-5)CC=C23)c1. The van der Waals surface area contributed by atoms with E-state index >= 15 is 0 Å². The zero-order chi connectivity index (χ0) is 57.9. The second-order valence-electron chi connectivity index (χ2n) is 26.1. The molecule has 0 saturated heterocycles. The van der Waals surface area contributed by atoms with Crippen molar-refractivity contribution in [3.05, 3.63) is 320 Å². The van der Waals surface area contributed by atoms with E-state index in [1.807, 2.05) is 0 Å². The van der Waals surface area contributed by atoms with Crippen molar-refractivity contribution >= 4 is 57.9 Å². The first-order chi connectivity index (χ1) is 41.2. The number of rotatable bonds is 10. The summed E-state index contributed by atoms with van der Waals surface area (Å²) in [4.78, 5) is 4.83. The molecular weight excluding hydrogens is 1020 g/mol. The molecule has 0 saturated carbocycles. The van der Waals surface area contributed by atoms with E-state index in [1.165, 1.54) is 151 Å². The van der Waals surface area contributed by atoms with E-state index in [0.29, 0.717) is 5.92 Å². The van der Waals surface area contributed by atoms with E-state index in [-0.39, 0.29) is 16.2 Å². The van der Waals surface area contributed by atoms with E-state index < -0.39 is 0 Å². The Kier molecular flexibility index (Phi) is 12.3. The Morgan fingerprint density at radius 2 is 0.753 bits per heavy atom. The van der Waals surface area contributed by atoms with Gasteiger partial charge in [-0.2, -0.15) is 0 Å². The molecule has 0 aromatic heterocycles. The minimum absolute atomic E-state index is 0.129. The highest BCUT2D eigenvalue weighted by atomic mass is 15.1. The Hall–Kier alpha value is -9.24. The van der Waals surface area contributed by atoms with Crippen LogP contribution >= 0.6 is 0 Å². The number of anilines is 6. The summed E-state index contributed by atoms with van der Waals surface area (Å²) >= 11 is 0. The number of aryl methyl sites for hydroxylation is 4. The molecule has 1 unspecified atom stereocenters. The van der Waals surface area contributed by atoms with Crippen LogP contribution < -0.4 is 9.80 Å². The molecule has 0 bridgehead atoms. The van der Waals surface area contributed by atoms with Crippen LogP contribution in [0.3, 0.4) is 0 Å². The fourth-order valence-corrected chi connectivity index (χ4v) is 15.3. The molecule has 5 aliphatic rings. The predicted octanol–water partition coefficient (Wildman–Crippen LogP) is 21.7. The lowest BCUT2D eigenvalue weighted by atomic mass is 9.75. The van der Waals surface area contributed by atoms with Crippen LogP contribution in [0.2, 0.25) is 0 Å². The lowest BCUT2D eigenvalue weighted by Gasteiger charge is -2.29. The van der Waals surface area contributed by atoms with Gasteiger partial charge < -0.3 is 9.80 Å². The molecule has 0 fully saturated rings. The largest absolute Gasteiger partial charge is 0.310 e. The molecule has 0 amide bonds. The van der Waals surface area contributed by atoms with Crippen LogP contribution in [0.15, 0.2) is 236 Å². The molecule has 2 nitrogen and oxygen atoms in total. The van der Waals surface area contributed by atoms with Gasteiger partial charge in [-0.15, -0.1) is 0 Å². The maximum Gasteiger partial charge on any atom is 0.0465 e. The predicted molar refractivity (Wildman–Crippen MR) is 360 cm³/mol. The first-order valence-electron chi connectivity index (χ1n) is 30.7. The highest BCUT2D eigenvalue weighted by Gasteiger charge is 2.47. The van der Waals surface area contributed by atoms with Crippen LogP contribution in [0.1, 0.15) is 118 Å². The maximum absolute atomic E-state index is 2.57. The summed E-state index contributed by atoms with van der Waals surface area (Å²) in [5.74, 6) is 0.303. The van der Waals surface area contributed by atoms with E-state index in [4.69, 9.17) is 0 Å². The summed E-state index contributed by atoms with van der Waals surface area (Å²) in [6.07, 6.45) is 17.6. The molecule has 2 heteroatoms. The summed E-state index contributed by atoms with van der Waals surface area (Å²) in [5, 5.41) is 0. The van der Waals surface area contributed by atoms with Crippen LogP contribution in [0, 0.1) is 33.6 Å². The Morgan fingerprint density at radius 3 is 1.22 bits per heavy atom. The Morgan fingerprint density at radius 1 is 0.365 bits per heavy atom. The second-order valence-corrected chi connectivity index (χ2v) is 26.1. The monoisotopic (exact) mass is 1100 g/mol. The second kappa shape index (κ2) is 20.0. The van der Waals surface area contributed by atoms with Gasteiger partial charge in [0, 0.05) is 50.4 Å². The van der Waals surface area contributed by atoms with Gasteiger partial charge in [-0.3, -0.25) is 0 Å². The Labute approximate surface area is 503 Å². The molecule has 10 aromatic carbocycles. The maximum atomic E-state index is 2.57. The Bertz CT molecular complexity index is 4410. The van der Waals surface area contributed by atoms with Crippen molar-refractivity contribution in [2.45, 2.75) is 90.9 Å². The molecule has 5 aliphatic carbocycles. The fourth-order valence-electron chi connectivity index (χ4n) is 15.3. The number of hydrogen-bond donors (Lipinski definition) is 0. The van der Waals surface area contributed by atoms with Gasteiger partial charge in [-0.1, -0.05) is 204 Å². The van der Waals surface area contributed by atoms with Gasteiger partial charge in [0.15, 0.2) is 0 Å². The van der Waals surface area contributed by atoms with Crippen molar-refractivity contribution in [3.63, 3.8) is 0 Å². The number of allylic oxidation sites excluding steroid dienone is 5. The fraction of sp³-hybridized carbons (Fsp3) is 0.181. The van der Waals surface area contributed by atoms with E-state index in [0.717, 1.165) is 19.3 Å². The highest BCUT2D eigenvalue weighted by Crippen LogP contribution is 2.58. The zero-order valence-electron chi connectivity index (χ0n) is 50.3. The van der Waals surface area contributed by atoms with Crippen molar-refractivity contribution < 1.29 is 0 Å². The standard InChI is InChI=1S/C83H72N2/c1-53-15-11-21-63(41-53)84(64-22-12-16-54(2)42-64)67-33-39-71-69-35-29-57(45-75(69)81(5,6)77(71)49-67)25-27-59-31-37-73-74-38-32-60(48-80(74)83(79(73)47-59)51-61-19-9-10-20-62(61)52-83)28-26-58-30-36-70-72-40-34-68(50-78(72)82(7,8)76(70)46-58)85(65-23-13-17-55(3)43-65)66-24-14-18-56(4)44-66/h9-29,31-50,58H,30,51-52H2,1-8H3/b27-25+,28-26+. The zero-order valence-corrected chi connectivity index (χ0v) is 50.3. The molecule has 0 aliphatic heterocycles. The summed E-state index contributed by atoms with van der Waals surface area (Å²) < 4.78 is 0. The van der Waals surface area contributed by atoms with Crippen molar-refractivity contribution in [1.82, 2.24) is 0 Å². The topological polar surface area (TPSA) is 6.48 Å². The molecule has 414 valence electrons. The average molecular weight is 1100 g/mol. The van der Waals surface area contributed by atoms with Gasteiger partial charge in [-0.05, 0) is 243 Å². The lowest BCUT2D eigenvalue weighted by molar-refractivity contribution is 0.563. The molecule has 85 heavy (non-hydrogen) atoms. The van der Waals surface area contributed by atoms with Gasteiger partial charge in [0.1, 0.15) is 0 Å². The van der Waals surface area contributed by atoms with Crippen LogP contribution in [0.4, 0.5) is 34.1 Å². The molecule has 0 radical (unpaired) electrons. The number of hydrogen-bond acceptors (Lipinski definition) is 2. The lowest BCUT2D eigenvalue weighted by Crippen LogP contribution is -2.26. The minimum Gasteiger partial charge on any atom is -0.310 e. The third kappa shape index (κ3) is 8.83. The summed E-state index contributed by atoms with van der Waals surface area (Å²) in [6, 6.07) is 80.5. The Balaban J connectivity index is 0.705. The summed E-state index contributed by atoms with van der Waals surface area (Å²) in [6.45, 7) is 18.3. The highest BCUT2D eigenvalue weighted by molar-refractivity contribution is 5.93. The van der Waals surface area contributed by atoms with E-state index in [9.17, 15) is 0 Å². The molecule has 0 N–H and O–H groups in total. The van der Waals surface area contributed by atoms with Crippen molar-refractivity contribution in [2.75, 3.05) is 9.80 Å². The summed E-state index contributed by atoms with van der Waals surface area (Å²) in [7, 11) is 0. The molecule has 1 atom stereocenters. The number of nitrogens with zero attached hydrogens (tertiary/aromatic N) is 2. The van der Waals surface area contributed by atoms with Crippen LogP contribution in [0.25, 0.3) is 46.1 Å². The molecule has 0 heterocycles. The third-order valence-electron chi connectivity index (χ3n) is 19.7. The summed E-state index contributed by atoms with van der Waals surface area (Å²) in [5.41, 5.74) is 34.9. The van der Waals surface area contributed by atoms with Crippen molar-refractivity contribution in [3.8, 4) is 22.3 Å². The van der Waals surface area contributed by atoms with E-state index in [1.54, 1.807) is 0 Å². The smallest absolute Gasteiger partial charge is 0.0465 e. The first-order valence-corrected chi connectivity index (χ1v) is 30.7. The van der Waals surface area contributed by atoms with Gasteiger partial charge in [0.25, 0.3) is 0 Å². The van der Waals surface area contributed by atoms with Crippen LogP contribution in [0.5, 0.6) is 0 Å². The first kappa shape index (κ1) is 52.6. The van der Waals surface area contributed by atoms with Gasteiger partial charge in [0.05, 0.1) is 0 Å².